The molecule has 0 atom stereocenters. The molecule has 4 aliphatic rings. The zero-order valence-corrected chi connectivity index (χ0v) is 27.4. The van der Waals surface area contributed by atoms with Gasteiger partial charge in [-0.25, -0.2) is 0 Å². The van der Waals surface area contributed by atoms with Crippen LogP contribution >= 0.6 is 10.3 Å². The van der Waals surface area contributed by atoms with E-state index in [9.17, 15) is 4.79 Å². The van der Waals surface area contributed by atoms with Crippen LogP contribution in [0.4, 0.5) is 0 Å². The van der Waals surface area contributed by atoms with Gasteiger partial charge in [0.15, 0.2) is 0 Å². The Kier molecular flexibility index (Phi) is 9.46. The zero-order chi connectivity index (χ0) is 30.6. The van der Waals surface area contributed by atoms with Crippen molar-refractivity contribution in [2.24, 2.45) is 23.2 Å². The van der Waals surface area contributed by atoms with Crippen molar-refractivity contribution >= 4 is 16.3 Å². The fourth-order valence-electron chi connectivity index (χ4n) is 7.96. The average Bonchev–Trinajstić information content (AvgIpc) is 3.04. The highest BCUT2D eigenvalue weighted by Crippen LogP contribution is 2.71. The molecule has 3 aromatic carbocycles. The van der Waals surface area contributed by atoms with E-state index in [4.69, 9.17) is 18.4 Å². The van der Waals surface area contributed by atoms with Crippen LogP contribution < -0.4 is 14.2 Å². The van der Waals surface area contributed by atoms with Crippen LogP contribution in [0.5, 0.6) is 17.2 Å². The molecule has 7 rings (SSSR count). The topological polar surface area (TPSA) is 54.0 Å². The summed E-state index contributed by atoms with van der Waals surface area (Å²) in [6, 6.07) is 24.7. The van der Waals surface area contributed by atoms with E-state index < -0.39 is 10.3 Å². The SMILES string of the molecule is CCCOc1ccc(S(OC(=O)C23CC4CC(CC(C4)C2)C3)(c2ccc(OCCC)cc2)c2ccc(OCCC)cc2)cc1. The van der Waals surface area contributed by atoms with Gasteiger partial charge in [0.05, 0.1) is 25.2 Å². The van der Waals surface area contributed by atoms with E-state index in [-0.39, 0.29) is 11.4 Å². The summed E-state index contributed by atoms with van der Waals surface area (Å²) in [4.78, 5) is 17.7. The van der Waals surface area contributed by atoms with Crippen molar-refractivity contribution in [1.82, 2.24) is 0 Å². The third kappa shape index (κ3) is 6.20. The molecule has 0 heterocycles. The van der Waals surface area contributed by atoms with Crippen molar-refractivity contribution in [3.05, 3.63) is 72.8 Å². The third-order valence-corrected chi connectivity index (χ3v) is 12.8. The van der Waals surface area contributed by atoms with Crippen molar-refractivity contribution in [2.75, 3.05) is 19.8 Å². The first-order chi connectivity index (χ1) is 21.5. The van der Waals surface area contributed by atoms with Crippen LogP contribution in [0.1, 0.15) is 78.6 Å². The normalized spacial score (nSPS) is 24.1. The van der Waals surface area contributed by atoms with Crippen LogP contribution in [0.3, 0.4) is 0 Å². The smallest absolute Gasteiger partial charge is 0.323 e. The Morgan fingerprint density at radius 2 is 0.909 bits per heavy atom. The van der Waals surface area contributed by atoms with Gasteiger partial charge in [0, 0.05) is 14.7 Å². The minimum absolute atomic E-state index is 0.0180. The molecule has 6 heteroatoms. The van der Waals surface area contributed by atoms with Crippen molar-refractivity contribution < 1.29 is 23.2 Å². The third-order valence-electron chi connectivity index (χ3n) is 9.56. The van der Waals surface area contributed by atoms with Crippen LogP contribution in [0.15, 0.2) is 87.5 Å². The highest BCUT2D eigenvalue weighted by atomic mass is 32.3. The summed E-state index contributed by atoms with van der Waals surface area (Å²) in [6.07, 6.45) is 9.56. The number of carbonyl (C=O) groups is 1. The molecule has 4 aliphatic carbocycles. The minimum Gasteiger partial charge on any atom is -0.494 e. The van der Waals surface area contributed by atoms with Crippen LogP contribution in [0.25, 0.3) is 0 Å². The summed E-state index contributed by atoms with van der Waals surface area (Å²) in [5.41, 5.74) is -0.383. The maximum absolute atomic E-state index is 14.8. The molecule has 0 amide bonds. The molecule has 0 saturated heterocycles. The summed E-state index contributed by atoms with van der Waals surface area (Å²) in [6.45, 7) is 8.31. The molecular formula is C38H48O5S. The molecule has 44 heavy (non-hydrogen) atoms. The highest BCUT2D eigenvalue weighted by molar-refractivity contribution is 8.30. The summed E-state index contributed by atoms with van der Waals surface area (Å²) >= 11 is 0. The highest BCUT2D eigenvalue weighted by Gasteiger charge is 2.57. The summed E-state index contributed by atoms with van der Waals surface area (Å²) in [5.74, 6) is 4.40. The lowest BCUT2D eigenvalue weighted by atomic mass is 9.49. The van der Waals surface area contributed by atoms with Crippen LogP contribution in [-0.2, 0) is 8.98 Å². The first-order valence-electron chi connectivity index (χ1n) is 16.7. The van der Waals surface area contributed by atoms with Crippen LogP contribution in [-0.4, -0.2) is 25.8 Å². The largest absolute Gasteiger partial charge is 0.494 e. The maximum atomic E-state index is 14.8. The molecule has 0 unspecified atom stereocenters. The Morgan fingerprint density at radius 3 is 1.20 bits per heavy atom. The van der Waals surface area contributed by atoms with Crippen LogP contribution in [0, 0.1) is 23.2 Å². The molecular weight excluding hydrogens is 568 g/mol. The second-order valence-corrected chi connectivity index (χ2v) is 15.8. The molecule has 4 bridgehead atoms. The van der Waals surface area contributed by atoms with Crippen molar-refractivity contribution in [1.29, 1.82) is 0 Å². The predicted octanol–water partition coefficient (Wildman–Crippen LogP) is 10.0. The molecule has 0 radical (unpaired) electrons. The fourth-order valence-corrected chi connectivity index (χ4v) is 11.0. The van der Waals surface area contributed by atoms with Crippen molar-refractivity contribution in [3.63, 3.8) is 0 Å². The van der Waals surface area contributed by atoms with Crippen molar-refractivity contribution in [3.8, 4) is 17.2 Å². The lowest BCUT2D eigenvalue weighted by Crippen LogP contribution is -2.50. The van der Waals surface area contributed by atoms with E-state index in [0.717, 1.165) is 70.5 Å². The van der Waals surface area contributed by atoms with Gasteiger partial charge in [0.1, 0.15) is 17.2 Å². The second kappa shape index (κ2) is 13.5. The number of ether oxygens (including phenoxy) is 3. The Morgan fingerprint density at radius 1 is 0.591 bits per heavy atom. The van der Waals surface area contributed by atoms with E-state index in [2.05, 4.69) is 57.2 Å². The summed E-state index contributed by atoms with van der Waals surface area (Å²) < 4.78 is 25.0. The molecule has 0 N–H and O–H groups in total. The van der Waals surface area contributed by atoms with Gasteiger partial charge in [-0.1, -0.05) is 20.8 Å². The quantitative estimate of drug-likeness (QED) is 0.180. The first kappa shape index (κ1) is 30.9. The monoisotopic (exact) mass is 616 g/mol. The lowest BCUT2D eigenvalue weighted by molar-refractivity contribution is -0.160. The lowest BCUT2D eigenvalue weighted by Gasteiger charge is -2.56. The summed E-state index contributed by atoms with van der Waals surface area (Å²) in [7, 11) is -2.45. The van der Waals surface area contributed by atoms with Gasteiger partial charge in [-0.05, 0) is 159 Å². The van der Waals surface area contributed by atoms with Gasteiger partial charge < -0.3 is 18.4 Å². The zero-order valence-electron chi connectivity index (χ0n) is 26.6. The Labute approximate surface area is 265 Å². The molecule has 0 aliphatic heterocycles. The average molecular weight is 617 g/mol. The second-order valence-electron chi connectivity index (χ2n) is 13.1. The van der Waals surface area contributed by atoms with Gasteiger partial charge >= 0.3 is 5.97 Å². The molecule has 0 spiro atoms. The standard InChI is InChI=1S/C38H48O5S/c1-4-19-40-31-7-13-34(14-8-31)44(35-15-9-32(10-16-35)41-20-5-2,36-17-11-33(12-18-36)42-21-6-3)43-37(39)38-25-28-22-29(26-38)24-30(23-28)27-38/h7-18,28-30H,4-6,19-27H2,1-3H3. The van der Waals surface area contributed by atoms with E-state index in [1.165, 1.54) is 19.3 Å². The Balaban J connectivity index is 1.46. The first-order valence-corrected chi connectivity index (χ1v) is 18.3. The van der Waals surface area contributed by atoms with E-state index >= 15 is 0 Å². The van der Waals surface area contributed by atoms with E-state index in [1.807, 2.05) is 36.4 Å². The van der Waals surface area contributed by atoms with E-state index in [1.54, 1.807) is 0 Å². The number of hydrogen-bond acceptors (Lipinski definition) is 5. The molecule has 4 saturated carbocycles. The van der Waals surface area contributed by atoms with Gasteiger partial charge in [-0.3, -0.25) is 4.79 Å². The molecule has 5 nitrogen and oxygen atoms in total. The molecule has 236 valence electrons. The number of rotatable bonds is 14. The van der Waals surface area contributed by atoms with Crippen molar-refractivity contribution in [2.45, 2.75) is 93.2 Å². The summed E-state index contributed by atoms with van der Waals surface area (Å²) in [5, 5.41) is 0. The van der Waals surface area contributed by atoms with Gasteiger partial charge in [-0.2, -0.15) is 0 Å². The Bertz CT molecular complexity index is 1220. The number of hydrogen-bond donors (Lipinski definition) is 0. The number of carbonyl (C=O) groups excluding carboxylic acids is 1. The maximum Gasteiger partial charge on any atom is 0.323 e. The molecule has 0 aromatic heterocycles. The van der Waals surface area contributed by atoms with Gasteiger partial charge in [-0.15, -0.1) is 0 Å². The number of benzene rings is 3. The van der Waals surface area contributed by atoms with Gasteiger partial charge in [0.25, 0.3) is 0 Å². The predicted molar refractivity (Wildman–Crippen MR) is 176 cm³/mol. The van der Waals surface area contributed by atoms with Crippen LogP contribution in [0.2, 0.25) is 0 Å². The molecule has 3 aromatic rings. The van der Waals surface area contributed by atoms with E-state index in [0.29, 0.717) is 37.6 Å². The minimum atomic E-state index is -2.45. The fraction of sp³-hybridized carbons (Fsp3) is 0.500. The molecule has 4 fully saturated rings. The van der Waals surface area contributed by atoms with Gasteiger partial charge in [0.2, 0.25) is 0 Å². The Hall–Kier alpha value is -3.12.